The van der Waals surface area contributed by atoms with E-state index in [2.05, 4.69) is 97.6 Å². The number of carbonyl (C=O) groups excluding carboxylic acids is 1. The zero-order valence-electron chi connectivity index (χ0n) is 35.1. The lowest BCUT2D eigenvalue weighted by Gasteiger charge is -2.26. The second-order valence-corrected chi connectivity index (χ2v) is 15.1. The number of ether oxygens (including phenoxy) is 2. The van der Waals surface area contributed by atoms with E-state index in [1.807, 2.05) is 54.4 Å². The Balaban J connectivity index is 0.000000776. The summed E-state index contributed by atoms with van der Waals surface area (Å²) < 4.78 is 10.9. The average Bonchev–Trinajstić information content (AvgIpc) is 3.90. The van der Waals surface area contributed by atoms with Crippen LogP contribution in [0.5, 0.6) is 0 Å². The van der Waals surface area contributed by atoms with Gasteiger partial charge in [-0.05, 0) is 59.4 Å². The standard InChI is InChI=1S/C17H29N3O2S.C9H15N3OS.C9H14.C7H8.C2H5N/c1-16(22-14-17-13-18-15-23-17)19-7-5-3-2-4-6-8-20-9-11-21-12-10-20;1-6(2)8-11-7(5-14-8)4-12(3)9(10)13;1-4-6-7-8-9(3)5-2;1-7-5-3-2-4-6-7;1-2-3/h13,15,19H,1-12,14H2;5-6H,4H2,1-3H3,(H2,10,13);4-6,8H,2,7H2,1,3H3;2-6H,1H3;2H,1,3H2/b;;6-4-,9-8-;;. The number of thiazole rings is 2. The van der Waals surface area contributed by atoms with E-state index < -0.39 is 6.03 Å². The van der Waals surface area contributed by atoms with Crippen LogP contribution in [-0.2, 0) is 22.6 Å². The number of aryl methyl sites for hydroxylation is 1. The second kappa shape index (κ2) is 35.2. The summed E-state index contributed by atoms with van der Waals surface area (Å²) in [5.41, 5.74) is 15.0. The van der Waals surface area contributed by atoms with Crippen molar-refractivity contribution in [3.8, 4) is 0 Å². The van der Waals surface area contributed by atoms with Gasteiger partial charge in [-0.15, -0.1) is 22.7 Å². The van der Waals surface area contributed by atoms with E-state index in [4.69, 9.17) is 15.2 Å². The summed E-state index contributed by atoms with van der Waals surface area (Å²) in [7, 11) is 1.66. The molecule has 1 saturated heterocycles. The number of nitrogens with one attached hydrogen (secondary N) is 1. The molecule has 12 heteroatoms. The number of allylic oxidation sites excluding steroid dienone is 5. The third-order valence-electron chi connectivity index (χ3n) is 7.86. The molecule has 0 atom stereocenters. The molecule has 1 fully saturated rings. The van der Waals surface area contributed by atoms with Gasteiger partial charge in [0.15, 0.2) is 5.88 Å². The monoisotopic (exact) mass is 810 g/mol. The van der Waals surface area contributed by atoms with Crippen molar-refractivity contribution in [3.05, 3.63) is 130 Å². The maximum atomic E-state index is 10.8. The minimum Gasteiger partial charge on any atom is -0.474 e. The maximum absolute atomic E-state index is 10.8. The minimum atomic E-state index is -0.427. The second-order valence-electron chi connectivity index (χ2n) is 13.2. The van der Waals surface area contributed by atoms with Crippen LogP contribution in [0.15, 0.2) is 109 Å². The van der Waals surface area contributed by atoms with Crippen LogP contribution in [0, 0.1) is 6.92 Å². The van der Waals surface area contributed by atoms with Crippen molar-refractivity contribution in [2.45, 2.75) is 92.2 Å². The summed E-state index contributed by atoms with van der Waals surface area (Å²) in [6.07, 6.45) is 18.6. The fourth-order valence-corrected chi connectivity index (χ4v) is 5.89. The Kier molecular flexibility index (Phi) is 32.5. The van der Waals surface area contributed by atoms with Crippen molar-refractivity contribution in [1.29, 1.82) is 0 Å². The zero-order valence-corrected chi connectivity index (χ0v) is 36.7. The van der Waals surface area contributed by atoms with Crippen LogP contribution >= 0.6 is 22.7 Å². The Morgan fingerprint density at radius 3 is 2.30 bits per heavy atom. The van der Waals surface area contributed by atoms with E-state index in [0.29, 0.717) is 25.0 Å². The molecular weight excluding hydrogens is 739 g/mol. The minimum absolute atomic E-state index is 0.427. The molecule has 0 radical (unpaired) electrons. The number of hydrogen-bond donors (Lipinski definition) is 3. The number of benzene rings is 1. The smallest absolute Gasteiger partial charge is 0.314 e. The number of nitrogens with zero attached hydrogens (tertiary/aromatic N) is 4. The van der Waals surface area contributed by atoms with Gasteiger partial charge in [0.2, 0.25) is 0 Å². The van der Waals surface area contributed by atoms with Gasteiger partial charge < -0.3 is 31.2 Å². The van der Waals surface area contributed by atoms with E-state index in [1.165, 1.54) is 60.9 Å². The SMILES string of the molecule is C=C(NCCCCCCCN1CCOCC1)OCc1cncs1.C=C/C(C)=C\C/C=C\C.C=CN.CC(C)c1nc(CN(C)C(N)=O)cs1.Cc1ccccc1. The molecule has 0 aliphatic carbocycles. The number of unbranched alkanes of at least 4 members (excludes halogenated alkanes) is 4. The molecule has 1 aliphatic rings. The summed E-state index contributed by atoms with van der Waals surface area (Å²) in [6, 6.07) is 9.83. The van der Waals surface area contributed by atoms with Gasteiger partial charge in [-0.2, -0.15) is 0 Å². The highest BCUT2D eigenvalue weighted by atomic mass is 32.1. The molecule has 2 aromatic heterocycles. The van der Waals surface area contributed by atoms with E-state index in [9.17, 15) is 4.79 Å². The highest BCUT2D eigenvalue weighted by Gasteiger charge is 2.10. The molecule has 3 heterocycles. The van der Waals surface area contributed by atoms with Crippen LogP contribution < -0.4 is 16.8 Å². The van der Waals surface area contributed by atoms with Crippen molar-refractivity contribution in [1.82, 2.24) is 25.1 Å². The van der Waals surface area contributed by atoms with Crippen molar-refractivity contribution >= 4 is 28.7 Å². The average molecular weight is 810 g/mol. The Morgan fingerprint density at radius 1 is 1.11 bits per heavy atom. The number of amides is 2. The van der Waals surface area contributed by atoms with Crippen molar-refractivity contribution in [2.24, 2.45) is 11.5 Å². The van der Waals surface area contributed by atoms with Gasteiger partial charge in [0.05, 0.1) is 40.8 Å². The normalized spacial score (nSPS) is 12.3. The third-order valence-corrected chi connectivity index (χ3v) is 9.81. The van der Waals surface area contributed by atoms with Crippen LogP contribution in [0.3, 0.4) is 0 Å². The molecule has 4 rings (SSSR count). The van der Waals surface area contributed by atoms with Gasteiger partial charge >= 0.3 is 6.03 Å². The quantitative estimate of drug-likeness (QED) is 0.0501. The summed E-state index contributed by atoms with van der Waals surface area (Å²) in [5, 5.41) is 6.30. The number of carbonyl (C=O) groups is 1. The van der Waals surface area contributed by atoms with Crippen LogP contribution in [-0.4, -0.2) is 72.2 Å². The number of hydrogen-bond acceptors (Lipinski definition) is 10. The third kappa shape index (κ3) is 30.0. The molecule has 0 unspecified atom stereocenters. The number of primary amides is 1. The van der Waals surface area contributed by atoms with Gasteiger partial charge in [-0.1, -0.05) is 112 Å². The molecule has 1 aliphatic heterocycles. The lowest BCUT2D eigenvalue weighted by atomic mass is 10.1. The van der Waals surface area contributed by atoms with Crippen LogP contribution in [0.25, 0.3) is 0 Å². The van der Waals surface area contributed by atoms with E-state index in [-0.39, 0.29) is 0 Å². The first-order valence-electron chi connectivity index (χ1n) is 19.4. The fourth-order valence-electron chi connectivity index (χ4n) is 4.56. The van der Waals surface area contributed by atoms with Crippen LogP contribution in [0.2, 0.25) is 0 Å². The van der Waals surface area contributed by atoms with E-state index >= 15 is 0 Å². The van der Waals surface area contributed by atoms with Crippen LogP contribution in [0.1, 0.15) is 93.3 Å². The van der Waals surface area contributed by atoms with Crippen molar-refractivity contribution < 1.29 is 14.3 Å². The lowest BCUT2D eigenvalue weighted by Crippen LogP contribution is -2.36. The van der Waals surface area contributed by atoms with E-state index in [0.717, 1.165) is 54.8 Å². The number of morpholine rings is 1. The number of nitrogens with two attached hydrogens (primary N) is 2. The predicted molar refractivity (Wildman–Crippen MR) is 241 cm³/mol. The van der Waals surface area contributed by atoms with Gasteiger partial charge in [0.1, 0.15) is 6.61 Å². The molecule has 3 aromatic rings. The van der Waals surface area contributed by atoms with Crippen LogP contribution in [0.4, 0.5) is 4.79 Å². The molecule has 0 bridgehead atoms. The first-order chi connectivity index (χ1) is 27.0. The number of rotatable bonds is 18. The summed E-state index contributed by atoms with van der Waals surface area (Å²) in [4.78, 5) is 24.3. The Labute approximate surface area is 347 Å². The summed E-state index contributed by atoms with van der Waals surface area (Å²) in [5.74, 6) is 1.10. The molecular formula is C44H71N7O3S2. The predicted octanol–water partition coefficient (Wildman–Crippen LogP) is 9.95. The lowest BCUT2D eigenvalue weighted by molar-refractivity contribution is 0.0371. The number of urea groups is 1. The first kappa shape index (κ1) is 51.8. The topological polar surface area (TPSA) is 132 Å². The van der Waals surface area contributed by atoms with Gasteiger partial charge in [-0.3, -0.25) is 9.88 Å². The highest BCUT2D eigenvalue weighted by Crippen LogP contribution is 2.19. The fraction of sp³-hybridized carbons (Fsp3) is 0.477. The molecule has 0 saturated carbocycles. The van der Waals surface area contributed by atoms with E-state index in [1.54, 1.807) is 29.7 Å². The summed E-state index contributed by atoms with van der Waals surface area (Å²) in [6.45, 7) is 28.2. The van der Waals surface area contributed by atoms with Crippen molar-refractivity contribution in [3.63, 3.8) is 0 Å². The Bertz CT molecular complexity index is 1470. The molecule has 1 aromatic carbocycles. The largest absolute Gasteiger partial charge is 0.474 e. The zero-order chi connectivity index (χ0) is 41.8. The molecule has 56 heavy (non-hydrogen) atoms. The molecule has 312 valence electrons. The molecule has 10 nitrogen and oxygen atoms in total. The molecule has 0 spiro atoms. The van der Waals surface area contributed by atoms with Gasteiger partial charge in [0.25, 0.3) is 0 Å². The molecule has 5 N–H and O–H groups in total. The van der Waals surface area contributed by atoms with Gasteiger partial charge in [-0.25, -0.2) is 9.78 Å². The maximum Gasteiger partial charge on any atom is 0.314 e. The Hall–Kier alpha value is -4.23. The number of aromatic nitrogens is 2. The molecule has 2 amide bonds. The first-order valence-corrected chi connectivity index (χ1v) is 21.2. The summed E-state index contributed by atoms with van der Waals surface area (Å²) >= 11 is 3.22. The van der Waals surface area contributed by atoms with Crippen molar-refractivity contribution in [2.75, 3.05) is 46.4 Å². The highest BCUT2D eigenvalue weighted by molar-refractivity contribution is 7.09. The Morgan fingerprint density at radius 2 is 1.77 bits per heavy atom. The van der Waals surface area contributed by atoms with Gasteiger partial charge in [0, 0.05) is 44.2 Å².